The zero-order valence-corrected chi connectivity index (χ0v) is 15.7. The Morgan fingerprint density at radius 1 is 1.36 bits per heavy atom. The number of carbonyl (C=O) groups is 1. The number of benzene rings is 1. The number of halogens is 1. The summed E-state index contributed by atoms with van der Waals surface area (Å²) < 4.78 is 12.6. The van der Waals surface area contributed by atoms with Gasteiger partial charge in [0, 0.05) is 24.9 Å². The van der Waals surface area contributed by atoms with Crippen molar-refractivity contribution < 1.29 is 14.3 Å². The van der Waals surface area contributed by atoms with Gasteiger partial charge < -0.3 is 20.1 Å². The monoisotopic (exact) mass is 368 g/mol. The van der Waals surface area contributed by atoms with Gasteiger partial charge in [0.05, 0.1) is 19.9 Å². The molecule has 2 unspecified atom stereocenters. The van der Waals surface area contributed by atoms with Crippen LogP contribution in [0.1, 0.15) is 18.5 Å². The summed E-state index contributed by atoms with van der Waals surface area (Å²) in [5.74, 6) is 1.32. The Morgan fingerprint density at radius 3 is 2.68 bits per heavy atom. The highest BCUT2D eigenvalue weighted by Crippen LogP contribution is 2.19. The summed E-state index contributed by atoms with van der Waals surface area (Å²) in [5, 5.41) is 9.99. The summed E-state index contributed by atoms with van der Waals surface area (Å²) in [6.45, 7) is 2.30. The molecule has 0 saturated carbocycles. The van der Waals surface area contributed by atoms with Gasteiger partial charge in [0.15, 0.2) is 0 Å². The summed E-state index contributed by atoms with van der Waals surface area (Å²) in [6.07, 6.45) is 3.32. The van der Waals surface area contributed by atoms with E-state index in [4.69, 9.17) is 9.47 Å². The van der Waals surface area contributed by atoms with Crippen LogP contribution in [0.3, 0.4) is 0 Å². The standard InChI is InChI=1S/C17H24N4O3.ClH/c1-12(24-15-7-5-6-14(8-15)23-4)9-19-17(22)16(18-2)13-10-20-21(3)11-13;/h5-8,10-12,16,18H,9H2,1-4H3,(H,19,22);1H. The number of rotatable bonds is 8. The lowest BCUT2D eigenvalue weighted by Gasteiger charge is -2.19. The van der Waals surface area contributed by atoms with E-state index < -0.39 is 6.04 Å². The fourth-order valence-electron chi connectivity index (χ4n) is 2.33. The molecule has 0 saturated heterocycles. The maximum atomic E-state index is 12.4. The smallest absolute Gasteiger partial charge is 0.241 e. The van der Waals surface area contributed by atoms with Crippen LogP contribution in [0.5, 0.6) is 11.5 Å². The number of methoxy groups -OCH3 is 1. The summed E-state index contributed by atoms with van der Waals surface area (Å²) in [6, 6.07) is 6.93. The molecular formula is C17H25ClN4O3. The van der Waals surface area contributed by atoms with E-state index in [1.54, 1.807) is 25.0 Å². The Balaban J connectivity index is 0.00000312. The predicted molar refractivity (Wildman–Crippen MR) is 98.4 cm³/mol. The van der Waals surface area contributed by atoms with Crippen LogP contribution in [0.4, 0.5) is 0 Å². The van der Waals surface area contributed by atoms with Crippen molar-refractivity contribution in [1.82, 2.24) is 20.4 Å². The highest BCUT2D eigenvalue weighted by Gasteiger charge is 2.20. The molecule has 1 heterocycles. The molecule has 0 aliphatic heterocycles. The van der Waals surface area contributed by atoms with Gasteiger partial charge in [0.1, 0.15) is 23.6 Å². The first-order chi connectivity index (χ1) is 11.5. The van der Waals surface area contributed by atoms with Crippen molar-refractivity contribution in [2.45, 2.75) is 19.1 Å². The van der Waals surface area contributed by atoms with Crippen molar-refractivity contribution in [2.24, 2.45) is 7.05 Å². The number of aromatic nitrogens is 2. The van der Waals surface area contributed by atoms with Crippen LogP contribution in [0.15, 0.2) is 36.7 Å². The largest absolute Gasteiger partial charge is 0.497 e. The molecule has 0 fully saturated rings. The number of likely N-dealkylation sites (N-methyl/N-ethyl adjacent to an activating group) is 1. The summed E-state index contributed by atoms with van der Waals surface area (Å²) in [4.78, 5) is 12.4. The number of nitrogens with one attached hydrogen (secondary N) is 2. The second-order valence-electron chi connectivity index (χ2n) is 5.52. The fraction of sp³-hybridized carbons (Fsp3) is 0.412. The summed E-state index contributed by atoms with van der Waals surface area (Å²) in [5.41, 5.74) is 0.818. The first kappa shape index (κ1) is 20.8. The molecule has 7 nitrogen and oxygen atoms in total. The highest BCUT2D eigenvalue weighted by atomic mass is 35.5. The van der Waals surface area contributed by atoms with E-state index in [0.717, 1.165) is 11.3 Å². The van der Waals surface area contributed by atoms with Gasteiger partial charge in [-0.15, -0.1) is 12.4 Å². The van der Waals surface area contributed by atoms with Gasteiger partial charge in [-0.2, -0.15) is 5.10 Å². The molecule has 0 aliphatic carbocycles. The van der Waals surface area contributed by atoms with Crippen molar-refractivity contribution in [3.05, 3.63) is 42.2 Å². The van der Waals surface area contributed by atoms with Crippen molar-refractivity contribution >= 4 is 18.3 Å². The van der Waals surface area contributed by atoms with Gasteiger partial charge in [0.25, 0.3) is 0 Å². The Labute approximate surface area is 154 Å². The lowest BCUT2D eigenvalue weighted by Crippen LogP contribution is -2.40. The molecule has 2 N–H and O–H groups in total. The number of hydrogen-bond acceptors (Lipinski definition) is 5. The van der Waals surface area contributed by atoms with E-state index in [1.165, 1.54) is 0 Å². The molecule has 0 radical (unpaired) electrons. The number of aryl methyl sites for hydroxylation is 1. The number of amides is 1. The molecule has 0 spiro atoms. The summed E-state index contributed by atoms with van der Waals surface area (Å²) in [7, 11) is 5.17. The van der Waals surface area contributed by atoms with Crippen LogP contribution < -0.4 is 20.1 Å². The fourth-order valence-corrected chi connectivity index (χ4v) is 2.33. The Morgan fingerprint density at radius 2 is 2.08 bits per heavy atom. The lowest BCUT2D eigenvalue weighted by molar-refractivity contribution is -0.123. The average Bonchev–Trinajstić information content (AvgIpc) is 3.00. The number of carbonyl (C=O) groups excluding carboxylic acids is 1. The SMILES string of the molecule is CNC(C(=O)NCC(C)Oc1cccc(OC)c1)c1cnn(C)c1.Cl. The lowest BCUT2D eigenvalue weighted by atomic mass is 10.1. The molecule has 25 heavy (non-hydrogen) atoms. The third kappa shape index (κ3) is 5.95. The van der Waals surface area contributed by atoms with E-state index in [9.17, 15) is 4.79 Å². The van der Waals surface area contributed by atoms with E-state index in [-0.39, 0.29) is 24.4 Å². The van der Waals surface area contributed by atoms with Crippen molar-refractivity contribution in [2.75, 3.05) is 20.7 Å². The van der Waals surface area contributed by atoms with Gasteiger partial charge in [-0.05, 0) is 26.1 Å². The Hall–Kier alpha value is -2.25. The van der Waals surface area contributed by atoms with Crippen LogP contribution in [-0.2, 0) is 11.8 Å². The van der Waals surface area contributed by atoms with E-state index >= 15 is 0 Å². The topological polar surface area (TPSA) is 77.4 Å². The van der Waals surface area contributed by atoms with Crippen LogP contribution in [0, 0.1) is 0 Å². The van der Waals surface area contributed by atoms with Crippen LogP contribution in [-0.4, -0.2) is 42.5 Å². The normalized spacial score (nSPS) is 12.6. The van der Waals surface area contributed by atoms with E-state index in [0.29, 0.717) is 12.3 Å². The number of nitrogens with zero attached hydrogens (tertiary/aromatic N) is 2. The maximum Gasteiger partial charge on any atom is 0.241 e. The van der Waals surface area contributed by atoms with E-state index in [2.05, 4.69) is 15.7 Å². The Kier molecular flexibility index (Phi) is 8.24. The quantitative estimate of drug-likeness (QED) is 0.741. The first-order valence-electron chi connectivity index (χ1n) is 7.77. The molecule has 2 aromatic rings. The second kappa shape index (κ2) is 9.90. The van der Waals surface area contributed by atoms with Gasteiger partial charge in [-0.25, -0.2) is 0 Å². The third-order valence-corrected chi connectivity index (χ3v) is 3.55. The van der Waals surface area contributed by atoms with Crippen LogP contribution in [0.2, 0.25) is 0 Å². The van der Waals surface area contributed by atoms with Crippen molar-refractivity contribution in [1.29, 1.82) is 0 Å². The number of hydrogen-bond donors (Lipinski definition) is 2. The van der Waals surface area contributed by atoms with Crippen LogP contribution >= 0.6 is 12.4 Å². The van der Waals surface area contributed by atoms with E-state index in [1.807, 2.05) is 44.4 Å². The molecule has 2 rings (SSSR count). The third-order valence-electron chi connectivity index (χ3n) is 3.55. The maximum absolute atomic E-state index is 12.4. The zero-order chi connectivity index (χ0) is 17.5. The molecule has 1 amide bonds. The van der Waals surface area contributed by atoms with Gasteiger partial charge >= 0.3 is 0 Å². The van der Waals surface area contributed by atoms with Crippen molar-refractivity contribution in [3.63, 3.8) is 0 Å². The van der Waals surface area contributed by atoms with Crippen LogP contribution in [0.25, 0.3) is 0 Å². The minimum Gasteiger partial charge on any atom is -0.497 e. The highest BCUT2D eigenvalue weighted by molar-refractivity contribution is 5.85. The second-order valence-corrected chi connectivity index (χ2v) is 5.52. The molecule has 0 bridgehead atoms. The predicted octanol–water partition coefficient (Wildman–Crippen LogP) is 1.69. The molecular weight excluding hydrogens is 344 g/mol. The molecule has 2 atom stereocenters. The molecule has 0 aliphatic rings. The average molecular weight is 369 g/mol. The molecule has 138 valence electrons. The van der Waals surface area contributed by atoms with Gasteiger partial charge in [0.2, 0.25) is 5.91 Å². The number of ether oxygens (including phenoxy) is 2. The minimum absolute atomic E-state index is 0. The minimum atomic E-state index is -0.442. The van der Waals surface area contributed by atoms with Crippen molar-refractivity contribution in [3.8, 4) is 11.5 Å². The first-order valence-corrected chi connectivity index (χ1v) is 7.77. The molecule has 1 aromatic heterocycles. The molecule has 8 heteroatoms. The van der Waals surface area contributed by atoms with Gasteiger partial charge in [-0.3, -0.25) is 9.48 Å². The Bertz CT molecular complexity index is 677. The summed E-state index contributed by atoms with van der Waals surface area (Å²) >= 11 is 0. The van der Waals surface area contributed by atoms with Gasteiger partial charge in [-0.1, -0.05) is 6.07 Å². The molecule has 1 aromatic carbocycles. The zero-order valence-electron chi connectivity index (χ0n) is 14.9.